The molecule has 0 aromatic rings. The van der Waals surface area contributed by atoms with Crippen molar-refractivity contribution in [2.24, 2.45) is 5.92 Å². The molecule has 0 aromatic carbocycles. The standard InChI is InChI=1S/C12H23N3O2.ClH/c1-15(2)11(16)6-4-8-14-12(17)10-5-3-7-13-9-10;/h10,13H,3-9H2,1-2H3,(H,14,17);1H. The first-order valence-electron chi connectivity index (χ1n) is 6.30. The Morgan fingerprint density at radius 3 is 2.67 bits per heavy atom. The molecule has 1 fully saturated rings. The average Bonchev–Trinajstić information content (AvgIpc) is 2.35. The minimum absolute atomic E-state index is 0. The Bertz CT molecular complexity index is 266. The molecule has 0 bridgehead atoms. The molecule has 0 aliphatic carbocycles. The third-order valence-electron chi connectivity index (χ3n) is 3.03. The lowest BCUT2D eigenvalue weighted by Crippen LogP contribution is -2.40. The summed E-state index contributed by atoms with van der Waals surface area (Å²) in [6.45, 7) is 2.39. The Kier molecular flexibility index (Phi) is 8.75. The van der Waals surface area contributed by atoms with Crippen LogP contribution in [0.15, 0.2) is 0 Å². The highest BCUT2D eigenvalue weighted by molar-refractivity contribution is 5.85. The second-order valence-electron chi connectivity index (χ2n) is 4.73. The lowest BCUT2D eigenvalue weighted by atomic mass is 9.99. The molecule has 2 amide bonds. The van der Waals surface area contributed by atoms with Crippen LogP contribution in [0.1, 0.15) is 25.7 Å². The molecular weight excluding hydrogens is 254 g/mol. The van der Waals surface area contributed by atoms with Gasteiger partial charge in [-0.05, 0) is 25.8 Å². The third-order valence-corrected chi connectivity index (χ3v) is 3.03. The number of amides is 2. The van der Waals surface area contributed by atoms with Crippen molar-refractivity contribution < 1.29 is 9.59 Å². The lowest BCUT2D eigenvalue weighted by Gasteiger charge is -2.21. The van der Waals surface area contributed by atoms with Gasteiger partial charge in [0.25, 0.3) is 0 Å². The molecule has 0 spiro atoms. The van der Waals surface area contributed by atoms with E-state index in [-0.39, 0.29) is 30.1 Å². The number of halogens is 1. The van der Waals surface area contributed by atoms with Crippen LogP contribution in [0.2, 0.25) is 0 Å². The van der Waals surface area contributed by atoms with Crippen LogP contribution in [0.3, 0.4) is 0 Å². The van der Waals surface area contributed by atoms with Gasteiger partial charge in [-0.25, -0.2) is 0 Å². The van der Waals surface area contributed by atoms with Gasteiger partial charge in [-0.3, -0.25) is 9.59 Å². The summed E-state index contributed by atoms with van der Waals surface area (Å²) in [7, 11) is 3.49. The molecule has 0 radical (unpaired) electrons. The van der Waals surface area contributed by atoms with E-state index >= 15 is 0 Å². The van der Waals surface area contributed by atoms with Gasteiger partial charge in [-0.1, -0.05) is 0 Å². The van der Waals surface area contributed by atoms with Crippen molar-refractivity contribution in [1.82, 2.24) is 15.5 Å². The van der Waals surface area contributed by atoms with E-state index in [1.54, 1.807) is 19.0 Å². The summed E-state index contributed by atoms with van der Waals surface area (Å²) in [4.78, 5) is 24.6. The van der Waals surface area contributed by atoms with Crippen LogP contribution in [0.4, 0.5) is 0 Å². The van der Waals surface area contributed by atoms with Crippen LogP contribution >= 0.6 is 12.4 Å². The van der Waals surface area contributed by atoms with Gasteiger partial charge in [-0.15, -0.1) is 12.4 Å². The number of piperidine rings is 1. The van der Waals surface area contributed by atoms with Crippen molar-refractivity contribution >= 4 is 24.2 Å². The molecule has 1 rings (SSSR count). The predicted octanol–water partition coefficient (Wildman–Crippen LogP) is 0.392. The van der Waals surface area contributed by atoms with Gasteiger partial charge in [-0.2, -0.15) is 0 Å². The van der Waals surface area contributed by atoms with Gasteiger partial charge in [0.2, 0.25) is 11.8 Å². The smallest absolute Gasteiger partial charge is 0.224 e. The number of carbonyl (C=O) groups excluding carboxylic acids is 2. The first-order chi connectivity index (χ1) is 8.11. The monoisotopic (exact) mass is 277 g/mol. The topological polar surface area (TPSA) is 61.4 Å². The predicted molar refractivity (Wildman–Crippen MR) is 73.8 cm³/mol. The summed E-state index contributed by atoms with van der Waals surface area (Å²) in [6, 6.07) is 0. The van der Waals surface area contributed by atoms with Crippen molar-refractivity contribution in [3.05, 3.63) is 0 Å². The van der Waals surface area contributed by atoms with Gasteiger partial charge in [0.05, 0.1) is 5.92 Å². The fourth-order valence-corrected chi connectivity index (χ4v) is 1.89. The largest absolute Gasteiger partial charge is 0.356 e. The minimum atomic E-state index is 0. The fourth-order valence-electron chi connectivity index (χ4n) is 1.89. The summed E-state index contributed by atoms with van der Waals surface area (Å²) in [5.74, 6) is 0.335. The quantitative estimate of drug-likeness (QED) is 0.715. The molecule has 1 saturated heterocycles. The van der Waals surface area contributed by atoms with E-state index < -0.39 is 0 Å². The highest BCUT2D eigenvalue weighted by Crippen LogP contribution is 2.09. The Morgan fingerprint density at radius 1 is 1.39 bits per heavy atom. The second-order valence-corrected chi connectivity index (χ2v) is 4.73. The summed E-state index contributed by atoms with van der Waals surface area (Å²) >= 11 is 0. The van der Waals surface area contributed by atoms with Gasteiger partial charge >= 0.3 is 0 Å². The van der Waals surface area contributed by atoms with Crippen LogP contribution in [0.5, 0.6) is 0 Å². The zero-order valence-corrected chi connectivity index (χ0v) is 12.0. The van der Waals surface area contributed by atoms with Crippen LogP contribution < -0.4 is 10.6 Å². The van der Waals surface area contributed by atoms with Gasteiger partial charge in [0.15, 0.2) is 0 Å². The summed E-state index contributed by atoms with van der Waals surface area (Å²) in [6.07, 6.45) is 3.24. The van der Waals surface area contributed by atoms with Crippen molar-refractivity contribution in [1.29, 1.82) is 0 Å². The van der Waals surface area contributed by atoms with Gasteiger partial charge in [0.1, 0.15) is 0 Å². The maximum atomic E-state index is 11.7. The van der Waals surface area contributed by atoms with Crippen molar-refractivity contribution in [2.75, 3.05) is 33.7 Å². The third kappa shape index (κ3) is 6.21. The molecule has 106 valence electrons. The zero-order valence-electron chi connectivity index (χ0n) is 11.2. The Morgan fingerprint density at radius 2 is 2.11 bits per heavy atom. The number of rotatable bonds is 5. The van der Waals surface area contributed by atoms with E-state index in [0.29, 0.717) is 19.4 Å². The van der Waals surface area contributed by atoms with Crippen molar-refractivity contribution in [3.8, 4) is 0 Å². The molecule has 6 heteroatoms. The summed E-state index contributed by atoms with van der Waals surface area (Å²) in [5.41, 5.74) is 0. The number of hydrogen-bond donors (Lipinski definition) is 2. The Hall–Kier alpha value is -0.810. The van der Waals surface area contributed by atoms with E-state index in [0.717, 1.165) is 25.9 Å². The van der Waals surface area contributed by atoms with Crippen molar-refractivity contribution in [3.63, 3.8) is 0 Å². The van der Waals surface area contributed by atoms with Crippen LogP contribution in [-0.2, 0) is 9.59 Å². The molecule has 1 unspecified atom stereocenters. The van der Waals surface area contributed by atoms with Gasteiger partial charge in [0, 0.05) is 33.6 Å². The summed E-state index contributed by atoms with van der Waals surface area (Å²) < 4.78 is 0. The maximum Gasteiger partial charge on any atom is 0.224 e. The number of hydrogen-bond acceptors (Lipinski definition) is 3. The second kappa shape index (κ2) is 9.16. The van der Waals surface area contributed by atoms with Crippen LogP contribution in [0, 0.1) is 5.92 Å². The fraction of sp³-hybridized carbons (Fsp3) is 0.833. The van der Waals surface area contributed by atoms with Crippen molar-refractivity contribution in [2.45, 2.75) is 25.7 Å². The molecule has 18 heavy (non-hydrogen) atoms. The highest BCUT2D eigenvalue weighted by Gasteiger charge is 2.20. The van der Waals surface area contributed by atoms with Gasteiger partial charge < -0.3 is 15.5 Å². The number of nitrogens with zero attached hydrogens (tertiary/aromatic N) is 1. The molecule has 1 aliphatic rings. The van der Waals surface area contributed by atoms with Crippen LogP contribution in [-0.4, -0.2) is 50.4 Å². The van der Waals surface area contributed by atoms with E-state index in [2.05, 4.69) is 10.6 Å². The molecule has 0 aromatic heterocycles. The molecule has 2 N–H and O–H groups in total. The first-order valence-corrected chi connectivity index (χ1v) is 6.30. The summed E-state index contributed by atoms with van der Waals surface area (Å²) in [5, 5.41) is 6.11. The molecule has 0 saturated carbocycles. The maximum absolute atomic E-state index is 11.7. The number of carbonyl (C=O) groups is 2. The molecule has 5 nitrogen and oxygen atoms in total. The van der Waals surface area contributed by atoms with E-state index in [9.17, 15) is 9.59 Å². The minimum Gasteiger partial charge on any atom is -0.356 e. The number of nitrogens with one attached hydrogen (secondary N) is 2. The SMILES string of the molecule is CN(C)C(=O)CCCNC(=O)C1CCCNC1.Cl. The van der Waals surface area contributed by atoms with E-state index in [4.69, 9.17) is 0 Å². The Labute approximate surface area is 115 Å². The average molecular weight is 278 g/mol. The van der Waals surface area contributed by atoms with E-state index in [1.165, 1.54) is 0 Å². The normalized spacial score (nSPS) is 18.7. The molecule has 1 aliphatic heterocycles. The highest BCUT2D eigenvalue weighted by atomic mass is 35.5. The van der Waals surface area contributed by atoms with Crippen LogP contribution in [0.25, 0.3) is 0 Å². The van der Waals surface area contributed by atoms with E-state index in [1.807, 2.05) is 0 Å². The molecule has 1 atom stereocenters. The Balaban J connectivity index is 0.00000289. The lowest BCUT2D eigenvalue weighted by molar-refractivity contribution is -0.129. The first kappa shape index (κ1) is 17.2. The zero-order chi connectivity index (χ0) is 12.7. The molecular formula is C12H24ClN3O2. The molecule has 1 heterocycles.